The molecule has 0 atom stereocenters. The lowest BCUT2D eigenvalue weighted by atomic mass is 10.2. The number of benzene rings is 1. The van der Waals surface area contributed by atoms with Gasteiger partial charge in [0.1, 0.15) is 0 Å². The van der Waals surface area contributed by atoms with Crippen LogP contribution in [-0.4, -0.2) is 15.0 Å². The fourth-order valence-corrected chi connectivity index (χ4v) is 2.15. The van der Waals surface area contributed by atoms with Crippen LogP contribution in [0.4, 0.5) is 13.2 Å². The van der Waals surface area contributed by atoms with E-state index in [9.17, 15) is 13.2 Å². The van der Waals surface area contributed by atoms with Crippen molar-refractivity contribution < 1.29 is 13.2 Å². The standard InChI is InChI=1S/C12H12ClF3N4/c1-2-10-9(6-17)18-19-20(10)11-4-3-7(5-8(11)13)12(14,15)16/h3-5H,2,6,17H2,1H3. The maximum atomic E-state index is 12.6. The number of hydrogen-bond acceptors (Lipinski definition) is 3. The van der Waals surface area contributed by atoms with E-state index in [1.807, 2.05) is 6.92 Å². The maximum absolute atomic E-state index is 12.6. The van der Waals surface area contributed by atoms with Crippen LogP contribution in [-0.2, 0) is 19.1 Å². The molecule has 4 nitrogen and oxygen atoms in total. The molecule has 20 heavy (non-hydrogen) atoms. The van der Waals surface area contributed by atoms with E-state index in [0.29, 0.717) is 17.8 Å². The summed E-state index contributed by atoms with van der Waals surface area (Å²) in [6.45, 7) is 2.09. The zero-order valence-corrected chi connectivity index (χ0v) is 11.3. The van der Waals surface area contributed by atoms with Crippen LogP contribution in [0.1, 0.15) is 23.9 Å². The predicted octanol–water partition coefficient (Wildman–Crippen LogP) is 2.96. The van der Waals surface area contributed by atoms with Gasteiger partial charge in [0.2, 0.25) is 0 Å². The zero-order valence-electron chi connectivity index (χ0n) is 10.6. The Morgan fingerprint density at radius 2 is 2.05 bits per heavy atom. The van der Waals surface area contributed by atoms with Gasteiger partial charge in [-0.3, -0.25) is 0 Å². The Morgan fingerprint density at radius 1 is 1.35 bits per heavy atom. The predicted molar refractivity (Wildman–Crippen MR) is 68.6 cm³/mol. The van der Waals surface area contributed by atoms with Crippen LogP contribution in [0, 0.1) is 0 Å². The van der Waals surface area contributed by atoms with E-state index in [1.54, 1.807) is 0 Å². The molecule has 0 spiro atoms. The van der Waals surface area contributed by atoms with Crippen molar-refractivity contribution >= 4 is 11.6 Å². The lowest BCUT2D eigenvalue weighted by Crippen LogP contribution is -2.08. The van der Waals surface area contributed by atoms with Crippen molar-refractivity contribution in [1.29, 1.82) is 0 Å². The molecule has 0 saturated heterocycles. The monoisotopic (exact) mass is 304 g/mol. The number of halogens is 4. The molecule has 2 aromatic rings. The number of alkyl halides is 3. The third-order valence-electron chi connectivity index (χ3n) is 2.88. The van der Waals surface area contributed by atoms with Gasteiger partial charge in [0.15, 0.2) is 0 Å². The molecule has 0 saturated carbocycles. The Balaban J connectivity index is 2.52. The first-order valence-corrected chi connectivity index (χ1v) is 6.27. The van der Waals surface area contributed by atoms with Crippen LogP contribution in [0.5, 0.6) is 0 Å². The van der Waals surface area contributed by atoms with Crippen molar-refractivity contribution in [2.45, 2.75) is 26.1 Å². The van der Waals surface area contributed by atoms with E-state index >= 15 is 0 Å². The zero-order chi connectivity index (χ0) is 14.9. The molecule has 0 fully saturated rings. The van der Waals surface area contributed by atoms with Crippen LogP contribution in [0.2, 0.25) is 5.02 Å². The van der Waals surface area contributed by atoms with E-state index in [4.69, 9.17) is 17.3 Å². The highest BCUT2D eigenvalue weighted by Gasteiger charge is 2.31. The summed E-state index contributed by atoms with van der Waals surface area (Å²) in [4.78, 5) is 0. The highest BCUT2D eigenvalue weighted by molar-refractivity contribution is 6.32. The first-order valence-electron chi connectivity index (χ1n) is 5.89. The summed E-state index contributed by atoms with van der Waals surface area (Å²) >= 11 is 5.93. The minimum Gasteiger partial charge on any atom is -0.325 e. The third-order valence-corrected chi connectivity index (χ3v) is 3.18. The lowest BCUT2D eigenvalue weighted by Gasteiger charge is -2.11. The molecular weight excluding hydrogens is 293 g/mol. The van der Waals surface area contributed by atoms with Crippen LogP contribution in [0.25, 0.3) is 5.69 Å². The van der Waals surface area contributed by atoms with E-state index in [-0.39, 0.29) is 11.6 Å². The molecule has 1 aromatic carbocycles. The van der Waals surface area contributed by atoms with Gasteiger partial charge >= 0.3 is 6.18 Å². The fourth-order valence-electron chi connectivity index (χ4n) is 1.89. The average molecular weight is 305 g/mol. The van der Waals surface area contributed by atoms with Crippen molar-refractivity contribution in [3.63, 3.8) is 0 Å². The molecule has 0 aliphatic rings. The van der Waals surface area contributed by atoms with Crippen LogP contribution < -0.4 is 5.73 Å². The summed E-state index contributed by atoms with van der Waals surface area (Å²) in [5, 5.41) is 7.76. The topological polar surface area (TPSA) is 56.7 Å². The number of hydrogen-bond donors (Lipinski definition) is 1. The van der Waals surface area contributed by atoms with Crippen molar-refractivity contribution in [2.75, 3.05) is 0 Å². The molecule has 0 aliphatic carbocycles. The Labute approximate surface area is 118 Å². The minimum atomic E-state index is -4.43. The van der Waals surface area contributed by atoms with E-state index in [0.717, 1.165) is 17.8 Å². The van der Waals surface area contributed by atoms with E-state index in [2.05, 4.69) is 10.3 Å². The number of nitrogens with zero attached hydrogens (tertiary/aromatic N) is 3. The molecule has 0 aliphatic heterocycles. The van der Waals surface area contributed by atoms with Gasteiger partial charge in [-0.25, -0.2) is 4.68 Å². The maximum Gasteiger partial charge on any atom is 0.416 e. The van der Waals surface area contributed by atoms with Gasteiger partial charge in [-0.05, 0) is 24.6 Å². The van der Waals surface area contributed by atoms with Crippen molar-refractivity contribution in [3.05, 3.63) is 40.2 Å². The Hall–Kier alpha value is -1.60. The Bertz CT molecular complexity index is 622. The normalized spacial score (nSPS) is 11.9. The molecule has 108 valence electrons. The minimum absolute atomic E-state index is 0.0389. The van der Waals surface area contributed by atoms with Gasteiger partial charge in [-0.15, -0.1) is 5.10 Å². The summed E-state index contributed by atoms with van der Waals surface area (Å²) in [7, 11) is 0. The third kappa shape index (κ3) is 2.64. The van der Waals surface area contributed by atoms with Crippen LogP contribution in [0.3, 0.4) is 0 Å². The Kier molecular flexibility index (Phi) is 4.01. The van der Waals surface area contributed by atoms with Gasteiger partial charge < -0.3 is 5.73 Å². The van der Waals surface area contributed by atoms with Crippen molar-refractivity contribution in [3.8, 4) is 5.69 Å². The smallest absolute Gasteiger partial charge is 0.325 e. The lowest BCUT2D eigenvalue weighted by molar-refractivity contribution is -0.137. The second-order valence-electron chi connectivity index (χ2n) is 4.12. The van der Waals surface area contributed by atoms with Gasteiger partial charge in [-0.2, -0.15) is 13.2 Å². The average Bonchev–Trinajstić information content (AvgIpc) is 2.80. The molecule has 1 aromatic heterocycles. The molecule has 8 heteroatoms. The second kappa shape index (κ2) is 5.41. The Morgan fingerprint density at radius 3 is 2.55 bits per heavy atom. The van der Waals surface area contributed by atoms with Gasteiger partial charge in [0.05, 0.1) is 27.7 Å². The van der Waals surface area contributed by atoms with E-state index in [1.165, 1.54) is 10.7 Å². The van der Waals surface area contributed by atoms with E-state index < -0.39 is 11.7 Å². The molecule has 1 heterocycles. The van der Waals surface area contributed by atoms with Gasteiger partial charge in [-0.1, -0.05) is 23.7 Å². The molecule has 0 amide bonds. The highest BCUT2D eigenvalue weighted by Crippen LogP contribution is 2.33. The number of rotatable bonds is 3. The molecule has 2 rings (SSSR count). The van der Waals surface area contributed by atoms with Gasteiger partial charge in [0.25, 0.3) is 0 Å². The molecule has 0 radical (unpaired) electrons. The largest absolute Gasteiger partial charge is 0.416 e. The summed E-state index contributed by atoms with van der Waals surface area (Å²) in [6, 6.07) is 3.11. The van der Waals surface area contributed by atoms with Crippen LogP contribution >= 0.6 is 11.6 Å². The van der Waals surface area contributed by atoms with Crippen molar-refractivity contribution in [1.82, 2.24) is 15.0 Å². The first-order chi connectivity index (χ1) is 9.38. The first kappa shape index (κ1) is 14.8. The summed E-state index contributed by atoms with van der Waals surface area (Å²) < 4.78 is 39.2. The number of aromatic nitrogens is 3. The second-order valence-corrected chi connectivity index (χ2v) is 4.52. The molecular formula is C12H12ClF3N4. The van der Waals surface area contributed by atoms with Crippen molar-refractivity contribution in [2.24, 2.45) is 5.73 Å². The summed E-state index contributed by atoms with van der Waals surface area (Å²) in [5.74, 6) is 0. The summed E-state index contributed by atoms with van der Waals surface area (Å²) in [6.07, 6.45) is -3.84. The summed E-state index contributed by atoms with van der Waals surface area (Å²) in [5.41, 5.74) is 6.42. The molecule has 2 N–H and O–H groups in total. The highest BCUT2D eigenvalue weighted by atomic mass is 35.5. The quantitative estimate of drug-likeness (QED) is 0.948. The molecule has 0 unspecified atom stereocenters. The molecule has 0 bridgehead atoms. The SMILES string of the molecule is CCc1c(CN)nnn1-c1ccc(C(F)(F)F)cc1Cl. The van der Waals surface area contributed by atoms with Gasteiger partial charge in [0, 0.05) is 6.54 Å². The van der Waals surface area contributed by atoms with Crippen LogP contribution in [0.15, 0.2) is 18.2 Å². The fraction of sp³-hybridized carbons (Fsp3) is 0.333. The number of nitrogens with two attached hydrogens (primary N) is 1.